The van der Waals surface area contributed by atoms with E-state index in [0.29, 0.717) is 6.42 Å². The molecule has 0 aliphatic heterocycles. The summed E-state index contributed by atoms with van der Waals surface area (Å²) >= 11 is 5.85. The molecule has 0 aromatic heterocycles. The summed E-state index contributed by atoms with van der Waals surface area (Å²) in [5.41, 5.74) is -0.148. The van der Waals surface area contributed by atoms with E-state index in [2.05, 4.69) is 4.90 Å². The number of nitrogens with zero attached hydrogens (tertiary/aromatic N) is 1. The summed E-state index contributed by atoms with van der Waals surface area (Å²) in [6.07, 6.45) is 3.84. The molecule has 19 heavy (non-hydrogen) atoms. The van der Waals surface area contributed by atoms with Gasteiger partial charge in [-0.3, -0.25) is 0 Å². The van der Waals surface area contributed by atoms with Crippen molar-refractivity contribution in [1.29, 1.82) is 0 Å². The van der Waals surface area contributed by atoms with Crippen LogP contribution in [0.5, 0.6) is 0 Å². The fourth-order valence-electron chi connectivity index (χ4n) is 3.06. The second-order valence-electron chi connectivity index (χ2n) is 5.76. The molecule has 4 heteroatoms. The predicted molar refractivity (Wildman–Crippen MR) is 75.8 cm³/mol. The van der Waals surface area contributed by atoms with Gasteiger partial charge in [0.05, 0.1) is 10.6 Å². The molecule has 0 radical (unpaired) electrons. The van der Waals surface area contributed by atoms with Gasteiger partial charge in [-0.1, -0.05) is 30.5 Å². The van der Waals surface area contributed by atoms with Gasteiger partial charge in [-0.05, 0) is 44.6 Å². The molecule has 1 fully saturated rings. The quantitative estimate of drug-likeness (QED) is 0.920. The van der Waals surface area contributed by atoms with E-state index in [1.807, 2.05) is 14.1 Å². The number of hydrogen-bond acceptors (Lipinski definition) is 2. The second kappa shape index (κ2) is 5.78. The van der Waals surface area contributed by atoms with Gasteiger partial charge in [0.2, 0.25) is 0 Å². The van der Waals surface area contributed by atoms with E-state index >= 15 is 0 Å². The number of benzene rings is 1. The maximum Gasteiger partial charge on any atom is 0.141 e. The number of hydrogen-bond donors (Lipinski definition) is 1. The van der Waals surface area contributed by atoms with Gasteiger partial charge in [0.15, 0.2) is 0 Å². The first-order valence-corrected chi connectivity index (χ1v) is 7.14. The van der Waals surface area contributed by atoms with E-state index in [0.717, 1.165) is 31.4 Å². The van der Waals surface area contributed by atoms with Crippen LogP contribution in [-0.2, 0) is 5.60 Å². The van der Waals surface area contributed by atoms with Gasteiger partial charge in [-0.25, -0.2) is 4.39 Å². The van der Waals surface area contributed by atoms with Crippen molar-refractivity contribution < 1.29 is 9.50 Å². The maximum absolute atomic E-state index is 13.3. The lowest BCUT2D eigenvalue weighted by atomic mass is 9.71. The van der Waals surface area contributed by atoms with E-state index in [1.165, 1.54) is 6.07 Å². The minimum Gasteiger partial charge on any atom is -0.385 e. The molecule has 1 N–H and O–H groups in total. The van der Waals surface area contributed by atoms with Crippen LogP contribution in [0.15, 0.2) is 18.2 Å². The Kier molecular flexibility index (Phi) is 4.49. The lowest BCUT2D eigenvalue weighted by Gasteiger charge is -2.41. The van der Waals surface area contributed by atoms with E-state index < -0.39 is 11.4 Å². The molecular formula is C15H21ClFNO. The van der Waals surface area contributed by atoms with Crippen LogP contribution in [0.2, 0.25) is 5.02 Å². The molecule has 1 aromatic carbocycles. The summed E-state index contributed by atoms with van der Waals surface area (Å²) in [6, 6.07) is 4.58. The first-order valence-electron chi connectivity index (χ1n) is 6.76. The van der Waals surface area contributed by atoms with Gasteiger partial charge < -0.3 is 10.0 Å². The Balaban J connectivity index is 2.33. The molecule has 106 valence electrons. The van der Waals surface area contributed by atoms with Crippen molar-refractivity contribution in [3.8, 4) is 0 Å². The third-order valence-corrected chi connectivity index (χ3v) is 4.33. The van der Waals surface area contributed by atoms with Crippen LogP contribution < -0.4 is 0 Å². The van der Waals surface area contributed by atoms with Crippen molar-refractivity contribution in [2.75, 3.05) is 20.6 Å². The van der Waals surface area contributed by atoms with Crippen molar-refractivity contribution in [1.82, 2.24) is 4.90 Å². The van der Waals surface area contributed by atoms with Crippen molar-refractivity contribution in [2.45, 2.75) is 31.3 Å². The monoisotopic (exact) mass is 285 g/mol. The lowest BCUT2D eigenvalue weighted by molar-refractivity contribution is -0.0618. The average molecular weight is 286 g/mol. The number of rotatable bonds is 3. The van der Waals surface area contributed by atoms with Gasteiger partial charge in [0.25, 0.3) is 0 Å². The largest absolute Gasteiger partial charge is 0.385 e. The Bertz CT molecular complexity index is 452. The highest BCUT2D eigenvalue weighted by Crippen LogP contribution is 2.42. The topological polar surface area (TPSA) is 23.5 Å². The molecule has 2 rings (SSSR count). The molecule has 2 atom stereocenters. The highest BCUT2D eigenvalue weighted by atomic mass is 35.5. The first kappa shape index (κ1) is 14.8. The molecule has 0 unspecified atom stereocenters. The number of halogens is 2. The minimum atomic E-state index is -0.889. The SMILES string of the molecule is CN(C)C[C@H]1CCCC[C@]1(O)c1ccc(F)c(Cl)c1. The van der Waals surface area contributed by atoms with Crippen LogP contribution in [0, 0.1) is 11.7 Å². The zero-order chi connectivity index (χ0) is 14.0. The van der Waals surface area contributed by atoms with Gasteiger partial charge in [-0.2, -0.15) is 0 Å². The first-order chi connectivity index (χ1) is 8.93. The van der Waals surface area contributed by atoms with Gasteiger partial charge >= 0.3 is 0 Å². The predicted octanol–water partition coefficient (Wildman–Crippen LogP) is 3.42. The smallest absolute Gasteiger partial charge is 0.141 e. The third-order valence-electron chi connectivity index (χ3n) is 4.04. The van der Waals surface area contributed by atoms with Crippen molar-refractivity contribution in [3.05, 3.63) is 34.6 Å². The van der Waals surface area contributed by atoms with Crippen molar-refractivity contribution >= 4 is 11.6 Å². The standard InChI is InChI=1S/C15H21ClFNO/c1-18(2)10-12-5-3-4-8-15(12,19)11-6-7-14(17)13(16)9-11/h6-7,9,12,19H,3-5,8,10H2,1-2H3/t12-,15+/m1/s1. The molecule has 0 spiro atoms. The molecule has 0 saturated heterocycles. The summed E-state index contributed by atoms with van der Waals surface area (Å²) in [7, 11) is 4.01. The average Bonchev–Trinajstić information content (AvgIpc) is 2.35. The molecule has 1 aromatic rings. The van der Waals surface area contributed by atoms with E-state index in [4.69, 9.17) is 11.6 Å². The fourth-order valence-corrected chi connectivity index (χ4v) is 3.24. The number of aliphatic hydroxyl groups is 1. The van der Waals surface area contributed by atoms with Crippen molar-refractivity contribution in [2.24, 2.45) is 5.92 Å². The zero-order valence-electron chi connectivity index (χ0n) is 11.5. The maximum atomic E-state index is 13.3. The summed E-state index contributed by atoms with van der Waals surface area (Å²) in [5.74, 6) is -0.272. The van der Waals surface area contributed by atoms with E-state index in [-0.39, 0.29) is 10.9 Å². The van der Waals surface area contributed by atoms with Gasteiger partial charge in [-0.15, -0.1) is 0 Å². The lowest BCUT2D eigenvalue weighted by Crippen LogP contribution is -2.43. The van der Waals surface area contributed by atoms with Crippen LogP contribution in [0.4, 0.5) is 4.39 Å². The van der Waals surface area contributed by atoms with Crippen LogP contribution in [0.25, 0.3) is 0 Å². The molecule has 0 amide bonds. The molecule has 0 bridgehead atoms. The Morgan fingerprint density at radius 2 is 2.16 bits per heavy atom. The van der Waals surface area contributed by atoms with Crippen molar-refractivity contribution in [3.63, 3.8) is 0 Å². The van der Waals surface area contributed by atoms with E-state index in [9.17, 15) is 9.50 Å². The molecule has 1 aliphatic rings. The molecular weight excluding hydrogens is 265 g/mol. The van der Waals surface area contributed by atoms with Crippen LogP contribution in [0.3, 0.4) is 0 Å². The van der Waals surface area contributed by atoms with Crippen LogP contribution >= 0.6 is 11.6 Å². The Morgan fingerprint density at radius 1 is 1.42 bits per heavy atom. The molecule has 2 nitrogen and oxygen atoms in total. The minimum absolute atomic E-state index is 0.0834. The summed E-state index contributed by atoms with van der Waals surface area (Å²) in [6.45, 7) is 0.825. The molecule has 0 heterocycles. The highest BCUT2D eigenvalue weighted by molar-refractivity contribution is 6.30. The Morgan fingerprint density at radius 3 is 2.79 bits per heavy atom. The Labute approximate surface area is 119 Å². The molecule has 1 aliphatic carbocycles. The zero-order valence-corrected chi connectivity index (χ0v) is 12.3. The molecule has 1 saturated carbocycles. The highest BCUT2D eigenvalue weighted by Gasteiger charge is 2.40. The normalized spacial score (nSPS) is 27.8. The van der Waals surface area contributed by atoms with Gasteiger partial charge in [0, 0.05) is 12.5 Å². The van der Waals surface area contributed by atoms with Gasteiger partial charge in [0.1, 0.15) is 5.82 Å². The van der Waals surface area contributed by atoms with Crippen LogP contribution in [-0.4, -0.2) is 30.6 Å². The Hall–Kier alpha value is -0.640. The van der Waals surface area contributed by atoms with E-state index in [1.54, 1.807) is 12.1 Å². The van der Waals surface area contributed by atoms with Crippen LogP contribution in [0.1, 0.15) is 31.2 Å². The summed E-state index contributed by atoms with van der Waals surface area (Å²) in [5, 5.41) is 11.1. The summed E-state index contributed by atoms with van der Waals surface area (Å²) < 4.78 is 13.3. The fraction of sp³-hybridized carbons (Fsp3) is 0.600. The summed E-state index contributed by atoms with van der Waals surface area (Å²) in [4.78, 5) is 2.09. The third kappa shape index (κ3) is 3.10. The second-order valence-corrected chi connectivity index (χ2v) is 6.17.